The van der Waals surface area contributed by atoms with E-state index in [-0.39, 0.29) is 5.91 Å². The highest BCUT2D eigenvalue weighted by Gasteiger charge is 2.24. The molecule has 0 aliphatic carbocycles. The lowest BCUT2D eigenvalue weighted by Crippen LogP contribution is -2.39. The molecule has 80 valence electrons. The molecule has 0 fully saturated rings. The van der Waals surface area contributed by atoms with E-state index < -0.39 is 0 Å². The highest BCUT2D eigenvalue weighted by Crippen LogP contribution is 2.25. The van der Waals surface area contributed by atoms with Gasteiger partial charge in [-0.05, 0) is 24.6 Å². The van der Waals surface area contributed by atoms with Crippen LogP contribution in [0.25, 0.3) is 0 Å². The summed E-state index contributed by atoms with van der Waals surface area (Å²) >= 11 is 5.60. The Balaban J connectivity index is 2.30. The first kappa shape index (κ1) is 10.3. The Morgan fingerprint density at radius 3 is 3.07 bits per heavy atom. The minimum absolute atomic E-state index is 0.00287. The third-order valence-corrected chi connectivity index (χ3v) is 2.55. The minimum atomic E-state index is -0.00287. The van der Waals surface area contributed by atoms with Crippen molar-refractivity contribution in [3.63, 3.8) is 0 Å². The van der Waals surface area contributed by atoms with Crippen molar-refractivity contribution < 1.29 is 9.53 Å². The molecule has 0 N–H and O–H groups in total. The molecule has 2 rings (SSSR count). The van der Waals surface area contributed by atoms with Crippen LogP contribution >= 0.6 is 11.6 Å². The maximum atomic E-state index is 11.9. The molecule has 0 unspecified atom stereocenters. The number of amides is 1. The van der Waals surface area contributed by atoms with Crippen molar-refractivity contribution in [1.29, 1.82) is 0 Å². The van der Waals surface area contributed by atoms with E-state index in [4.69, 9.17) is 16.3 Å². The summed E-state index contributed by atoms with van der Waals surface area (Å²) in [5, 5.41) is 0. The SMILES string of the molecule is Cc1ccc2c(c1)OCN(CCCl)C2=O. The van der Waals surface area contributed by atoms with Crippen LogP contribution in [0.2, 0.25) is 0 Å². The molecule has 0 bridgehead atoms. The summed E-state index contributed by atoms with van der Waals surface area (Å²) in [5.74, 6) is 1.10. The van der Waals surface area contributed by atoms with Crippen LogP contribution in [0.4, 0.5) is 0 Å². The summed E-state index contributed by atoms with van der Waals surface area (Å²) < 4.78 is 5.49. The highest BCUT2D eigenvalue weighted by molar-refractivity contribution is 6.18. The van der Waals surface area contributed by atoms with Crippen molar-refractivity contribution in [1.82, 2.24) is 4.90 Å². The predicted octanol–water partition coefficient (Wildman–Crippen LogP) is 2.03. The number of benzene rings is 1. The molecule has 3 nitrogen and oxygen atoms in total. The van der Waals surface area contributed by atoms with Crippen LogP contribution in [-0.4, -0.2) is 30.0 Å². The standard InChI is InChI=1S/C11H12ClNO2/c1-8-2-3-9-10(6-8)15-7-13(5-4-12)11(9)14/h2-3,6H,4-5,7H2,1H3. The number of alkyl halides is 1. The molecule has 0 spiro atoms. The average molecular weight is 226 g/mol. The van der Waals surface area contributed by atoms with E-state index >= 15 is 0 Å². The van der Waals surface area contributed by atoms with Crippen LogP contribution in [-0.2, 0) is 0 Å². The summed E-state index contributed by atoms with van der Waals surface area (Å²) in [6.07, 6.45) is 0. The lowest BCUT2D eigenvalue weighted by molar-refractivity contribution is 0.0540. The normalized spacial score (nSPS) is 14.8. The van der Waals surface area contributed by atoms with Gasteiger partial charge in [-0.15, -0.1) is 11.6 Å². The van der Waals surface area contributed by atoms with E-state index in [1.54, 1.807) is 11.0 Å². The number of hydrogen-bond donors (Lipinski definition) is 0. The van der Waals surface area contributed by atoms with Crippen LogP contribution in [0.15, 0.2) is 18.2 Å². The molecule has 1 aromatic rings. The Bertz CT molecular complexity index is 392. The fourth-order valence-corrected chi connectivity index (χ4v) is 1.77. The van der Waals surface area contributed by atoms with E-state index in [0.29, 0.717) is 30.5 Å². The molecule has 0 saturated heterocycles. The van der Waals surface area contributed by atoms with Gasteiger partial charge in [-0.25, -0.2) is 0 Å². The summed E-state index contributed by atoms with van der Waals surface area (Å²) in [6, 6.07) is 5.59. The fourth-order valence-electron chi connectivity index (χ4n) is 1.57. The van der Waals surface area contributed by atoms with Crippen molar-refractivity contribution in [2.75, 3.05) is 19.2 Å². The number of rotatable bonds is 2. The molecule has 4 heteroatoms. The molecule has 1 amide bonds. The third kappa shape index (κ3) is 1.92. The van der Waals surface area contributed by atoms with Gasteiger partial charge in [0.15, 0.2) is 6.73 Å². The molecule has 1 heterocycles. The van der Waals surface area contributed by atoms with Crippen LogP contribution < -0.4 is 4.74 Å². The van der Waals surface area contributed by atoms with Gasteiger partial charge in [-0.2, -0.15) is 0 Å². The fraction of sp³-hybridized carbons (Fsp3) is 0.364. The Morgan fingerprint density at radius 2 is 2.33 bits per heavy atom. The number of ether oxygens (including phenoxy) is 1. The molecule has 1 aliphatic heterocycles. The zero-order valence-corrected chi connectivity index (χ0v) is 9.25. The summed E-state index contributed by atoms with van der Waals surface area (Å²) in [5.41, 5.74) is 1.71. The Kier molecular flexibility index (Phi) is 2.82. The summed E-state index contributed by atoms with van der Waals surface area (Å²) in [6.45, 7) is 2.79. The first-order valence-corrected chi connectivity index (χ1v) is 5.34. The topological polar surface area (TPSA) is 29.5 Å². The van der Waals surface area contributed by atoms with Gasteiger partial charge < -0.3 is 9.64 Å². The third-order valence-electron chi connectivity index (χ3n) is 2.39. The quantitative estimate of drug-likeness (QED) is 0.721. The molecule has 1 aliphatic rings. The van der Waals surface area contributed by atoms with Gasteiger partial charge >= 0.3 is 0 Å². The van der Waals surface area contributed by atoms with E-state index in [1.807, 2.05) is 19.1 Å². The molecule has 1 aromatic carbocycles. The maximum Gasteiger partial charge on any atom is 0.260 e. The molecule has 0 aromatic heterocycles. The van der Waals surface area contributed by atoms with Crippen LogP contribution in [0.3, 0.4) is 0 Å². The Labute approximate surface area is 93.6 Å². The minimum Gasteiger partial charge on any atom is -0.472 e. The van der Waals surface area contributed by atoms with E-state index in [2.05, 4.69) is 0 Å². The molecular formula is C11H12ClNO2. The number of nitrogens with zero attached hydrogens (tertiary/aromatic N) is 1. The highest BCUT2D eigenvalue weighted by atomic mass is 35.5. The van der Waals surface area contributed by atoms with Crippen LogP contribution in [0.1, 0.15) is 15.9 Å². The van der Waals surface area contributed by atoms with E-state index in [0.717, 1.165) is 5.56 Å². The largest absolute Gasteiger partial charge is 0.472 e. The van der Waals surface area contributed by atoms with Crippen molar-refractivity contribution in [2.45, 2.75) is 6.92 Å². The lowest BCUT2D eigenvalue weighted by atomic mass is 10.1. The van der Waals surface area contributed by atoms with Crippen LogP contribution in [0, 0.1) is 6.92 Å². The molecule has 0 radical (unpaired) electrons. The first-order chi connectivity index (χ1) is 7.22. The number of aryl methyl sites for hydroxylation is 1. The van der Waals surface area contributed by atoms with E-state index in [1.165, 1.54) is 0 Å². The van der Waals surface area contributed by atoms with Gasteiger partial charge in [-0.1, -0.05) is 6.07 Å². The maximum absolute atomic E-state index is 11.9. The summed E-state index contributed by atoms with van der Waals surface area (Å²) in [4.78, 5) is 13.5. The number of carbonyl (C=O) groups is 1. The monoisotopic (exact) mass is 225 g/mol. The van der Waals surface area contributed by atoms with E-state index in [9.17, 15) is 4.79 Å². The number of fused-ring (bicyclic) bond motifs is 1. The van der Waals surface area contributed by atoms with Gasteiger partial charge in [0, 0.05) is 12.4 Å². The zero-order valence-electron chi connectivity index (χ0n) is 8.50. The Hall–Kier alpha value is -1.22. The van der Waals surface area contributed by atoms with Crippen LogP contribution in [0.5, 0.6) is 5.75 Å². The second kappa shape index (κ2) is 4.11. The van der Waals surface area contributed by atoms with Gasteiger partial charge in [0.1, 0.15) is 5.75 Å². The first-order valence-electron chi connectivity index (χ1n) is 4.81. The van der Waals surface area contributed by atoms with Crippen molar-refractivity contribution in [3.05, 3.63) is 29.3 Å². The second-order valence-electron chi connectivity index (χ2n) is 3.53. The Morgan fingerprint density at radius 1 is 1.53 bits per heavy atom. The van der Waals surface area contributed by atoms with Gasteiger partial charge in [0.25, 0.3) is 5.91 Å². The van der Waals surface area contributed by atoms with Gasteiger partial charge in [-0.3, -0.25) is 4.79 Å². The van der Waals surface area contributed by atoms with Crippen molar-refractivity contribution in [3.8, 4) is 5.75 Å². The van der Waals surface area contributed by atoms with Crippen molar-refractivity contribution >= 4 is 17.5 Å². The number of carbonyl (C=O) groups excluding carboxylic acids is 1. The van der Waals surface area contributed by atoms with Crippen molar-refractivity contribution in [2.24, 2.45) is 0 Å². The van der Waals surface area contributed by atoms with Gasteiger partial charge in [0.05, 0.1) is 5.56 Å². The predicted molar refractivity (Wildman–Crippen MR) is 58.4 cm³/mol. The lowest BCUT2D eigenvalue weighted by Gasteiger charge is -2.28. The zero-order chi connectivity index (χ0) is 10.8. The van der Waals surface area contributed by atoms with Gasteiger partial charge in [0.2, 0.25) is 0 Å². The number of hydrogen-bond acceptors (Lipinski definition) is 2. The molecule has 0 atom stereocenters. The average Bonchev–Trinajstić information content (AvgIpc) is 2.22. The summed E-state index contributed by atoms with van der Waals surface area (Å²) in [7, 11) is 0. The second-order valence-corrected chi connectivity index (χ2v) is 3.91. The molecule has 15 heavy (non-hydrogen) atoms. The molecule has 0 saturated carbocycles. The molecular weight excluding hydrogens is 214 g/mol. The number of halogens is 1. The smallest absolute Gasteiger partial charge is 0.260 e.